The largest absolute Gasteiger partial charge is 0.374 e. The van der Waals surface area contributed by atoms with Crippen LogP contribution >= 0.6 is 11.8 Å². The number of nitrogens with one attached hydrogen (secondary N) is 1. The van der Waals surface area contributed by atoms with Crippen LogP contribution in [0.25, 0.3) is 0 Å². The van der Waals surface area contributed by atoms with E-state index in [1.165, 1.54) is 50.2 Å². The summed E-state index contributed by atoms with van der Waals surface area (Å²) >= 11 is 2.08. The molecule has 0 radical (unpaired) electrons. The Labute approximate surface area is 96.5 Å². The fourth-order valence-electron chi connectivity index (χ4n) is 3.39. The number of hydrogen-bond acceptors (Lipinski definition) is 3. The minimum Gasteiger partial charge on any atom is -0.374 e. The van der Waals surface area contributed by atoms with Gasteiger partial charge in [0.15, 0.2) is 0 Å². The molecule has 0 bridgehead atoms. The van der Waals surface area contributed by atoms with E-state index >= 15 is 0 Å². The van der Waals surface area contributed by atoms with Gasteiger partial charge in [-0.1, -0.05) is 0 Å². The van der Waals surface area contributed by atoms with Crippen molar-refractivity contribution < 1.29 is 4.74 Å². The van der Waals surface area contributed by atoms with Gasteiger partial charge in [0.1, 0.15) is 0 Å². The summed E-state index contributed by atoms with van der Waals surface area (Å²) in [5.41, 5.74) is 0.276. The maximum atomic E-state index is 6.07. The second-order valence-electron chi connectivity index (χ2n) is 5.29. The van der Waals surface area contributed by atoms with E-state index in [0.29, 0.717) is 0 Å². The summed E-state index contributed by atoms with van der Waals surface area (Å²) < 4.78 is 6.07. The Morgan fingerprint density at radius 1 is 1.33 bits per heavy atom. The molecule has 2 nitrogen and oxygen atoms in total. The predicted molar refractivity (Wildman–Crippen MR) is 64.4 cm³/mol. The molecule has 3 aliphatic heterocycles. The van der Waals surface area contributed by atoms with Crippen molar-refractivity contribution in [2.75, 3.05) is 24.7 Å². The van der Waals surface area contributed by atoms with E-state index in [0.717, 1.165) is 18.6 Å². The lowest BCUT2D eigenvalue weighted by atomic mass is 9.81. The minimum atomic E-state index is 0.276. The normalized spacial score (nSPS) is 46.4. The molecule has 0 saturated carbocycles. The monoisotopic (exact) mass is 227 g/mol. The number of hydrogen-bond donors (Lipinski definition) is 1. The third kappa shape index (κ3) is 2.06. The van der Waals surface area contributed by atoms with E-state index < -0.39 is 0 Å². The van der Waals surface area contributed by atoms with E-state index in [-0.39, 0.29) is 5.60 Å². The van der Waals surface area contributed by atoms with Crippen LogP contribution in [0.4, 0.5) is 0 Å². The van der Waals surface area contributed by atoms with Crippen LogP contribution in [0, 0.1) is 5.92 Å². The number of rotatable bonds is 1. The molecule has 3 aliphatic rings. The van der Waals surface area contributed by atoms with E-state index in [9.17, 15) is 0 Å². The van der Waals surface area contributed by atoms with Crippen LogP contribution in [-0.4, -0.2) is 36.3 Å². The number of thioether (sulfide) groups is 1. The van der Waals surface area contributed by atoms with Gasteiger partial charge in [-0.3, -0.25) is 0 Å². The molecule has 15 heavy (non-hydrogen) atoms. The lowest BCUT2D eigenvalue weighted by Crippen LogP contribution is -2.45. The highest BCUT2D eigenvalue weighted by molar-refractivity contribution is 7.99. The summed E-state index contributed by atoms with van der Waals surface area (Å²) in [6, 6.07) is 0.802. The summed E-state index contributed by atoms with van der Waals surface area (Å²) in [5.74, 6) is 3.45. The van der Waals surface area contributed by atoms with Crippen LogP contribution < -0.4 is 5.32 Å². The van der Waals surface area contributed by atoms with Crippen molar-refractivity contribution in [3.63, 3.8) is 0 Å². The van der Waals surface area contributed by atoms with Gasteiger partial charge in [-0.05, 0) is 50.3 Å². The Morgan fingerprint density at radius 3 is 3.07 bits per heavy atom. The SMILES string of the molecule is C1CNC(C2CCOC3(CCSC3)C2)C1. The van der Waals surface area contributed by atoms with Gasteiger partial charge >= 0.3 is 0 Å². The molecule has 3 heterocycles. The van der Waals surface area contributed by atoms with E-state index in [1.807, 2.05) is 0 Å². The molecular weight excluding hydrogens is 206 g/mol. The average Bonchev–Trinajstić information content (AvgIpc) is 2.89. The molecule has 3 heteroatoms. The van der Waals surface area contributed by atoms with Crippen molar-refractivity contribution in [3.8, 4) is 0 Å². The molecule has 1 spiro atoms. The fourth-order valence-corrected chi connectivity index (χ4v) is 4.76. The third-order valence-electron chi connectivity index (χ3n) is 4.27. The molecule has 3 unspecified atom stereocenters. The zero-order chi connectivity index (χ0) is 10.1. The highest BCUT2D eigenvalue weighted by Gasteiger charge is 2.42. The highest BCUT2D eigenvalue weighted by Crippen LogP contribution is 2.42. The highest BCUT2D eigenvalue weighted by atomic mass is 32.2. The topological polar surface area (TPSA) is 21.3 Å². The number of ether oxygens (including phenoxy) is 1. The third-order valence-corrected chi connectivity index (χ3v) is 5.49. The average molecular weight is 227 g/mol. The van der Waals surface area contributed by atoms with E-state index in [4.69, 9.17) is 4.74 Å². The Bertz CT molecular complexity index is 222. The van der Waals surface area contributed by atoms with Crippen molar-refractivity contribution in [3.05, 3.63) is 0 Å². The smallest absolute Gasteiger partial charge is 0.0783 e. The first kappa shape index (κ1) is 10.4. The first-order valence-corrected chi connectivity index (χ1v) is 7.49. The summed E-state index contributed by atoms with van der Waals surface area (Å²) in [6.07, 6.45) is 6.67. The maximum Gasteiger partial charge on any atom is 0.0783 e. The van der Waals surface area contributed by atoms with Crippen LogP contribution in [0.3, 0.4) is 0 Å². The van der Waals surface area contributed by atoms with Crippen molar-refractivity contribution in [2.45, 2.75) is 43.7 Å². The zero-order valence-corrected chi connectivity index (χ0v) is 10.2. The lowest BCUT2D eigenvalue weighted by molar-refractivity contribution is -0.0841. The summed E-state index contributed by atoms with van der Waals surface area (Å²) in [7, 11) is 0. The van der Waals surface area contributed by atoms with Crippen LogP contribution in [-0.2, 0) is 4.74 Å². The maximum absolute atomic E-state index is 6.07. The van der Waals surface area contributed by atoms with Gasteiger partial charge < -0.3 is 10.1 Å². The van der Waals surface area contributed by atoms with E-state index in [2.05, 4.69) is 17.1 Å². The molecule has 0 aromatic rings. The van der Waals surface area contributed by atoms with Crippen molar-refractivity contribution in [1.82, 2.24) is 5.32 Å². The molecule has 3 fully saturated rings. The first-order chi connectivity index (χ1) is 7.38. The van der Waals surface area contributed by atoms with Gasteiger partial charge in [-0.2, -0.15) is 11.8 Å². The molecule has 0 aromatic heterocycles. The lowest BCUT2D eigenvalue weighted by Gasteiger charge is -2.40. The molecular formula is C12H21NOS. The summed E-state index contributed by atoms with van der Waals surface area (Å²) in [6.45, 7) is 2.24. The molecule has 1 N–H and O–H groups in total. The van der Waals surface area contributed by atoms with Crippen LogP contribution in [0.5, 0.6) is 0 Å². The molecule has 3 saturated heterocycles. The van der Waals surface area contributed by atoms with Crippen molar-refractivity contribution in [2.24, 2.45) is 5.92 Å². The van der Waals surface area contributed by atoms with Crippen LogP contribution in [0.2, 0.25) is 0 Å². The summed E-state index contributed by atoms with van der Waals surface area (Å²) in [5, 5.41) is 3.67. The molecule has 3 atom stereocenters. The molecule has 0 amide bonds. The zero-order valence-electron chi connectivity index (χ0n) is 9.34. The van der Waals surface area contributed by atoms with Crippen LogP contribution in [0.15, 0.2) is 0 Å². The quantitative estimate of drug-likeness (QED) is 0.741. The van der Waals surface area contributed by atoms with Gasteiger partial charge in [0.05, 0.1) is 5.60 Å². The standard InChI is InChI=1S/C12H21NOS/c1-2-11(13-5-1)10-3-6-14-12(8-10)4-7-15-9-12/h10-11,13H,1-9H2. The minimum absolute atomic E-state index is 0.276. The van der Waals surface area contributed by atoms with Gasteiger partial charge in [0.2, 0.25) is 0 Å². The molecule has 3 rings (SSSR count). The van der Waals surface area contributed by atoms with Crippen LogP contribution in [0.1, 0.15) is 32.1 Å². The van der Waals surface area contributed by atoms with Gasteiger partial charge in [0.25, 0.3) is 0 Å². The van der Waals surface area contributed by atoms with E-state index in [1.54, 1.807) is 0 Å². The molecule has 0 aliphatic carbocycles. The second kappa shape index (κ2) is 4.27. The Kier molecular flexibility index (Phi) is 2.97. The Morgan fingerprint density at radius 2 is 2.33 bits per heavy atom. The predicted octanol–water partition coefficient (Wildman–Crippen LogP) is 2.04. The Balaban J connectivity index is 1.65. The van der Waals surface area contributed by atoms with Crippen molar-refractivity contribution in [1.29, 1.82) is 0 Å². The Hall–Kier alpha value is 0.270. The molecule has 0 aromatic carbocycles. The first-order valence-electron chi connectivity index (χ1n) is 6.33. The second-order valence-corrected chi connectivity index (χ2v) is 6.39. The molecule has 86 valence electrons. The van der Waals surface area contributed by atoms with Gasteiger partial charge in [-0.15, -0.1) is 0 Å². The van der Waals surface area contributed by atoms with Gasteiger partial charge in [0, 0.05) is 18.4 Å². The fraction of sp³-hybridized carbons (Fsp3) is 1.00. The van der Waals surface area contributed by atoms with Gasteiger partial charge in [-0.25, -0.2) is 0 Å². The summed E-state index contributed by atoms with van der Waals surface area (Å²) in [4.78, 5) is 0. The van der Waals surface area contributed by atoms with Crippen molar-refractivity contribution >= 4 is 11.8 Å².